The Morgan fingerprint density at radius 2 is 1.83 bits per heavy atom. The molecule has 0 fully saturated rings. The maximum Gasteiger partial charge on any atom is 0.328 e. The highest BCUT2D eigenvalue weighted by Crippen LogP contribution is 2.25. The molecule has 128 valence electrons. The highest BCUT2D eigenvalue weighted by Gasteiger charge is 2.24. The first kappa shape index (κ1) is 19.7. The van der Waals surface area contributed by atoms with Crippen molar-refractivity contribution in [2.24, 2.45) is 0 Å². The Balaban J connectivity index is 2.70. The van der Waals surface area contributed by atoms with E-state index in [9.17, 15) is 9.59 Å². The molecule has 8 heteroatoms. The number of methoxy groups -OCH3 is 2. The van der Waals surface area contributed by atoms with Gasteiger partial charge in [-0.25, -0.2) is 4.79 Å². The topological polar surface area (TPSA) is 73.9 Å². The number of hydrogen-bond acceptors (Lipinski definition) is 5. The number of carbonyl (C=O) groups excluding carboxylic acids is 2. The maximum absolute atomic E-state index is 11.9. The molecule has 0 aliphatic carbocycles. The van der Waals surface area contributed by atoms with E-state index in [1.807, 2.05) is 0 Å². The number of rotatable bonds is 9. The first-order valence-corrected chi connectivity index (χ1v) is 7.62. The Hall–Kier alpha value is -1.34. The Morgan fingerprint density at radius 1 is 1.17 bits per heavy atom. The summed E-state index contributed by atoms with van der Waals surface area (Å²) < 4.78 is 14.6. The fraction of sp³-hybridized carbons (Fsp3) is 0.467. The minimum absolute atomic E-state index is 0.120. The molecular formula is C15H19Cl2NO5. The van der Waals surface area contributed by atoms with Crippen LogP contribution in [0.4, 0.5) is 0 Å². The zero-order valence-corrected chi connectivity index (χ0v) is 14.4. The van der Waals surface area contributed by atoms with Crippen LogP contribution < -0.4 is 5.32 Å². The molecule has 0 unspecified atom stereocenters. The van der Waals surface area contributed by atoms with Crippen molar-refractivity contribution in [2.45, 2.75) is 12.5 Å². The minimum Gasteiger partial charge on any atom is -0.467 e. The Bertz CT molecular complexity index is 518. The van der Waals surface area contributed by atoms with Crippen LogP contribution in [0.3, 0.4) is 0 Å². The van der Waals surface area contributed by atoms with Crippen LogP contribution in [0.25, 0.3) is 0 Å². The molecule has 0 bridgehead atoms. The van der Waals surface area contributed by atoms with Gasteiger partial charge in [0, 0.05) is 23.6 Å². The lowest BCUT2D eigenvalue weighted by Crippen LogP contribution is -2.44. The zero-order chi connectivity index (χ0) is 17.2. The van der Waals surface area contributed by atoms with Gasteiger partial charge in [-0.1, -0.05) is 29.3 Å². The quantitative estimate of drug-likeness (QED) is 0.535. The van der Waals surface area contributed by atoms with Crippen molar-refractivity contribution in [1.29, 1.82) is 0 Å². The number of esters is 1. The van der Waals surface area contributed by atoms with Crippen LogP contribution in [0.5, 0.6) is 0 Å². The van der Waals surface area contributed by atoms with E-state index in [4.69, 9.17) is 37.4 Å². The first-order chi connectivity index (χ1) is 11.0. The minimum atomic E-state index is -0.907. The van der Waals surface area contributed by atoms with Gasteiger partial charge in [0.05, 0.1) is 20.3 Å². The lowest BCUT2D eigenvalue weighted by atomic mass is 10.1. The molecular weight excluding hydrogens is 345 g/mol. The van der Waals surface area contributed by atoms with Crippen LogP contribution >= 0.6 is 23.2 Å². The summed E-state index contributed by atoms with van der Waals surface area (Å²) in [6.07, 6.45) is 0.120. The average Bonchev–Trinajstić information content (AvgIpc) is 2.53. The van der Waals surface area contributed by atoms with Gasteiger partial charge < -0.3 is 19.5 Å². The fourth-order valence-electron chi connectivity index (χ4n) is 1.81. The predicted octanol–water partition coefficient (Wildman–Crippen LogP) is 1.86. The van der Waals surface area contributed by atoms with Crippen molar-refractivity contribution in [2.75, 3.05) is 34.0 Å². The van der Waals surface area contributed by atoms with Gasteiger partial charge in [0.2, 0.25) is 5.91 Å². The van der Waals surface area contributed by atoms with Gasteiger partial charge in [0.1, 0.15) is 12.6 Å². The van der Waals surface area contributed by atoms with E-state index < -0.39 is 17.9 Å². The van der Waals surface area contributed by atoms with Crippen LogP contribution in [0.1, 0.15) is 5.56 Å². The molecule has 1 aromatic rings. The van der Waals surface area contributed by atoms with Crippen molar-refractivity contribution in [3.63, 3.8) is 0 Å². The fourth-order valence-corrected chi connectivity index (χ4v) is 2.36. The Morgan fingerprint density at radius 3 is 2.39 bits per heavy atom. The maximum atomic E-state index is 11.9. The lowest BCUT2D eigenvalue weighted by molar-refractivity contribution is -0.145. The van der Waals surface area contributed by atoms with Gasteiger partial charge in [0.15, 0.2) is 0 Å². The van der Waals surface area contributed by atoms with Crippen molar-refractivity contribution in [3.8, 4) is 0 Å². The van der Waals surface area contributed by atoms with Gasteiger partial charge in [-0.3, -0.25) is 4.79 Å². The summed E-state index contributed by atoms with van der Waals surface area (Å²) in [6, 6.07) is 4.11. The third-order valence-corrected chi connectivity index (χ3v) is 3.66. The lowest BCUT2D eigenvalue weighted by Gasteiger charge is -2.18. The van der Waals surface area contributed by atoms with E-state index in [2.05, 4.69) is 5.32 Å². The number of benzene rings is 1. The monoisotopic (exact) mass is 363 g/mol. The number of ether oxygens (including phenoxy) is 3. The van der Waals surface area contributed by atoms with E-state index in [1.165, 1.54) is 14.2 Å². The molecule has 1 atom stereocenters. The van der Waals surface area contributed by atoms with E-state index in [0.717, 1.165) is 0 Å². The number of carbonyl (C=O) groups is 2. The van der Waals surface area contributed by atoms with E-state index in [0.29, 0.717) is 22.2 Å². The van der Waals surface area contributed by atoms with Gasteiger partial charge in [0.25, 0.3) is 0 Å². The van der Waals surface area contributed by atoms with Crippen LogP contribution in [0, 0.1) is 0 Å². The number of amides is 1. The molecule has 23 heavy (non-hydrogen) atoms. The van der Waals surface area contributed by atoms with Crippen LogP contribution in [0.2, 0.25) is 10.0 Å². The second kappa shape index (κ2) is 10.4. The molecule has 0 aliphatic heterocycles. The molecule has 0 saturated carbocycles. The molecule has 0 heterocycles. The Kier molecular flexibility index (Phi) is 8.94. The van der Waals surface area contributed by atoms with Crippen molar-refractivity contribution >= 4 is 35.1 Å². The number of nitrogens with one attached hydrogen (secondary N) is 1. The van der Waals surface area contributed by atoms with Crippen molar-refractivity contribution in [1.82, 2.24) is 5.32 Å². The smallest absolute Gasteiger partial charge is 0.328 e. The van der Waals surface area contributed by atoms with Crippen molar-refractivity contribution in [3.05, 3.63) is 33.8 Å². The van der Waals surface area contributed by atoms with Gasteiger partial charge in [-0.15, -0.1) is 0 Å². The molecule has 0 saturated heterocycles. The third-order valence-electron chi connectivity index (χ3n) is 2.96. The molecule has 0 radical (unpaired) electrons. The first-order valence-electron chi connectivity index (χ1n) is 6.86. The van der Waals surface area contributed by atoms with Gasteiger partial charge >= 0.3 is 5.97 Å². The summed E-state index contributed by atoms with van der Waals surface area (Å²) in [5.74, 6) is -1.04. The summed E-state index contributed by atoms with van der Waals surface area (Å²) in [4.78, 5) is 23.7. The average molecular weight is 364 g/mol. The molecule has 0 aliphatic rings. The SMILES string of the molecule is COCCOCC(=O)N[C@H](Cc1c(Cl)cccc1Cl)C(=O)OC. The summed E-state index contributed by atoms with van der Waals surface area (Å²) in [6.45, 7) is 0.471. The highest BCUT2D eigenvalue weighted by molar-refractivity contribution is 6.36. The molecule has 1 N–H and O–H groups in total. The molecule has 1 amide bonds. The standard InChI is InChI=1S/C15H19Cl2NO5/c1-21-6-7-23-9-14(19)18-13(15(20)22-2)8-10-11(16)4-3-5-12(10)17/h3-5,13H,6-9H2,1-2H3,(H,18,19)/t13-/m1/s1. The summed E-state index contributed by atoms with van der Waals surface area (Å²) >= 11 is 12.2. The second-order valence-corrected chi connectivity index (χ2v) is 5.41. The molecule has 1 rings (SSSR count). The van der Waals surface area contributed by atoms with Gasteiger partial charge in [-0.2, -0.15) is 0 Å². The van der Waals surface area contributed by atoms with E-state index in [1.54, 1.807) is 18.2 Å². The summed E-state index contributed by atoms with van der Waals surface area (Å²) in [5, 5.41) is 3.38. The van der Waals surface area contributed by atoms with Crippen LogP contribution in [0.15, 0.2) is 18.2 Å². The number of halogens is 2. The molecule has 0 aromatic heterocycles. The number of hydrogen-bond donors (Lipinski definition) is 1. The molecule has 6 nitrogen and oxygen atoms in total. The highest BCUT2D eigenvalue weighted by atomic mass is 35.5. The normalized spacial score (nSPS) is 11.8. The third kappa shape index (κ3) is 6.74. The summed E-state index contributed by atoms with van der Waals surface area (Å²) in [7, 11) is 2.77. The van der Waals surface area contributed by atoms with Crippen molar-refractivity contribution < 1.29 is 23.8 Å². The second-order valence-electron chi connectivity index (χ2n) is 4.59. The Labute approximate surface area is 145 Å². The molecule has 1 aromatic carbocycles. The van der Waals surface area contributed by atoms with Crippen LogP contribution in [-0.2, 0) is 30.2 Å². The molecule has 0 spiro atoms. The zero-order valence-electron chi connectivity index (χ0n) is 12.9. The van der Waals surface area contributed by atoms with Crippen LogP contribution in [-0.4, -0.2) is 52.0 Å². The summed E-state index contributed by atoms with van der Waals surface area (Å²) in [5.41, 5.74) is 0.562. The van der Waals surface area contributed by atoms with E-state index >= 15 is 0 Å². The van der Waals surface area contributed by atoms with E-state index in [-0.39, 0.29) is 19.6 Å². The largest absolute Gasteiger partial charge is 0.467 e. The van der Waals surface area contributed by atoms with Gasteiger partial charge in [-0.05, 0) is 17.7 Å². The predicted molar refractivity (Wildman–Crippen MR) is 86.8 cm³/mol.